The van der Waals surface area contributed by atoms with Gasteiger partial charge < -0.3 is 20.4 Å². The molecule has 142 valence electrons. The molecule has 0 aliphatic carbocycles. The lowest BCUT2D eigenvalue weighted by atomic mass is 9.95. The van der Waals surface area contributed by atoms with Crippen LogP contribution in [0.15, 0.2) is 11.4 Å². The van der Waals surface area contributed by atoms with Crippen molar-refractivity contribution >= 4 is 0 Å². The third kappa shape index (κ3) is 5.13. The van der Waals surface area contributed by atoms with E-state index in [1.165, 1.54) is 38.9 Å². The molecule has 3 aliphatic heterocycles. The molecular weight excluding hydrogens is 324 g/mol. The fourth-order valence-corrected chi connectivity index (χ4v) is 4.46. The van der Waals surface area contributed by atoms with Crippen molar-refractivity contribution in [2.45, 2.75) is 51.0 Å². The minimum Gasteiger partial charge on any atom is -0.367 e. The fourth-order valence-electron chi connectivity index (χ4n) is 4.46. The third-order valence-corrected chi connectivity index (χ3v) is 6.04. The van der Waals surface area contributed by atoms with E-state index in [-0.39, 0.29) is 5.57 Å². The van der Waals surface area contributed by atoms with E-state index in [0.717, 1.165) is 63.6 Å². The summed E-state index contributed by atoms with van der Waals surface area (Å²) in [7, 11) is 0. The highest BCUT2D eigenvalue weighted by molar-refractivity contribution is 5.39. The molecule has 0 radical (unpaired) electrons. The Morgan fingerprint density at radius 1 is 0.923 bits per heavy atom. The lowest BCUT2D eigenvalue weighted by Crippen LogP contribution is -2.47. The number of hydrogen-bond acceptors (Lipinski definition) is 6. The van der Waals surface area contributed by atoms with Gasteiger partial charge in [0.15, 0.2) is 5.57 Å². The maximum Gasteiger partial charge on any atom is 0.169 e. The van der Waals surface area contributed by atoms with Gasteiger partial charge in [0, 0.05) is 25.7 Å². The smallest absolute Gasteiger partial charge is 0.169 e. The van der Waals surface area contributed by atoms with Crippen LogP contribution in [0.1, 0.15) is 44.9 Å². The second kappa shape index (κ2) is 9.80. The molecule has 0 aromatic heterocycles. The third-order valence-electron chi connectivity index (χ3n) is 6.04. The maximum absolute atomic E-state index is 9.41. The normalized spacial score (nSPS) is 23.1. The van der Waals surface area contributed by atoms with Gasteiger partial charge in [-0.05, 0) is 70.6 Å². The van der Waals surface area contributed by atoms with Gasteiger partial charge in [-0.2, -0.15) is 10.5 Å². The summed E-state index contributed by atoms with van der Waals surface area (Å²) in [5, 5.41) is 25.7. The number of piperidine rings is 3. The van der Waals surface area contributed by atoms with Crippen molar-refractivity contribution in [3.05, 3.63) is 11.4 Å². The van der Waals surface area contributed by atoms with Crippen molar-refractivity contribution < 1.29 is 0 Å². The molecule has 0 bridgehead atoms. The van der Waals surface area contributed by atoms with Crippen LogP contribution in [0.4, 0.5) is 0 Å². The Hall–Kier alpha value is -1.76. The van der Waals surface area contributed by atoms with E-state index in [2.05, 4.69) is 32.6 Å². The Kier molecular flexibility index (Phi) is 7.17. The average Bonchev–Trinajstić information content (AvgIpc) is 2.70. The molecule has 0 atom stereocenters. The van der Waals surface area contributed by atoms with Crippen LogP contribution in [0.25, 0.3) is 0 Å². The minimum absolute atomic E-state index is 0.234. The number of nitriles is 2. The maximum atomic E-state index is 9.41. The number of nitrogens with one attached hydrogen (secondary N) is 2. The van der Waals surface area contributed by atoms with Gasteiger partial charge in [-0.3, -0.25) is 0 Å². The van der Waals surface area contributed by atoms with Gasteiger partial charge in [0.2, 0.25) is 0 Å². The second-order valence-corrected chi connectivity index (χ2v) is 7.91. The van der Waals surface area contributed by atoms with E-state index in [9.17, 15) is 10.5 Å². The van der Waals surface area contributed by atoms with Crippen molar-refractivity contribution in [1.29, 1.82) is 10.5 Å². The highest BCUT2D eigenvalue weighted by Gasteiger charge is 2.26. The van der Waals surface area contributed by atoms with Crippen LogP contribution in [0, 0.1) is 28.6 Å². The van der Waals surface area contributed by atoms with Gasteiger partial charge >= 0.3 is 0 Å². The molecule has 2 N–H and O–H groups in total. The first-order valence-electron chi connectivity index (χ1n) is 10.3. The van der Waals surface area contributed by atoms with Crippen LogP contribution in [-0.2, 0) is 0 Å². The molecule has 3 rings (SSSR count). The first kappa shape index (κ1) is 19.0. The molecule has 6 heteroatoms. The predicted molar refractivity (Wildman–Crippen MR) is 102 cm³/mol. The molecule has 3 heterocycles. The van der Waals surface area contributed by atoms with E-state index in [1.54, 1.807) is 0 Å². The van der Waals surface area contributed by atoms with E-state index < -0.39 is 0 Å². The monoisotopic (exact) mass is 356 g/mol. The first-order valence-corrected chi connectivity index (χ1v) is 10.3. The Bertz CT molecular complexity index is 536. The second-order valence-electron chi connectivity index (χ2n) is 7.91. The highest BCUT2D eigenvalue weighted by atomic mass is 15.3. The zero-order valence-corrected chi connectivity index (χ0v) is 15.8. The SMILES string of the molecule is N#CC(C#N)=C(NC1CCNCC1)N1CCC(CN2CCCCC2)CC1. The van der Waals surface area contributed by atoms with E-state index in [1.807, 2.05) is 0 Å². The zero-order valence-electron chi connectivity index (χ0n) is 15.8. The standard InChI is InChI=1S/C20H32N6/c21-14-18(15-22)20(24-19-4-8-23-9-5-19)26-12-6-17(7-13-26)16-25-10-2-1-3-11-25/h17,19,23-24H,1-13,16H2. The summed E-state index contributed by atoms with van der Waals surface area (Å²) in [4.78, 5) is 4.88. The topological polar surface area (TPSA) is 78.1 Å². The van der Waals surface area contributed by atoms with Gasteiger partial charge in [-0.1, -0.05) is 6.42 Å². The van der Waals surface area contributed by atoms with Gasteiger partial charge in [0.25, 0.3) is 0 Å². The van der Waals surface area contributed by atoms with Crippen LogP contribution >= 0.6 is 0 Å². The summed E-state index contributed by atoms with van der Waals surface area (Å²) in [6, 6.07) is 4.57. The summed E-state index contributed by atoms with van der Waals surface area (Å²) in [5.74, 6) is 1.52. The number of nitrogens with zero attached hydrogens (tertiary/aromatic N) is 4. The highest BCUT2D eigenvalue weighted by Crippen LogP contribution is 2.24. The van der Waals surface area contributed by atoms with Gasteiger partial charge in [-0.25, -0.2) is 0 Å². The number of rotatable bonds is 5. The molecule has 0 amide bonds. The summed E-state index contributed by atoms with van der Waals surface area (Å²) >= 11 is 0. The number of hydrogen-bond donors (Lipinski definition) is 2. The lowest BCUT2D eigenvalue weighted by Gasteiger charge is -2.39. The van der Waals surface area contributed by atoms with Crippen LogP contribution in [0.3, 0.4) is 0 Å². The van der Waals surface area contributed by atoms with Crippen LogP contribution in [0.2, 0.25) is 0 Å². The van der Waals surface area contributed by atoms with Gasteiger partial charge in [0.1, 0.15) is 18.0 Å². The molecule has 6 nitrogen and oxygen atoms in total. The molecule has 3 saturated heterocycles. The van der Waals surface area contributed by atoms with Crippen molar-refractivity contribution in [1.82, 2.24) is 20.4 Å². The van der Waals surface area contributed by atoms with Crippen LogP contribution in [-0.4, -0.2) is 61.7 Å². The predicted octanol–water partition coefficient (Wildman–Crippen LogP) is 1.78. The Balaban J connectivity index is 1.57. The molecule has 0 aromatic rings. The zero-order chi connectivity index (χ0) is 18.2. The molecule has 0 spiro atoms. The molecule has 26 heavy (non-hydrogen) atoms. The van der Waals surface area contributed by atoms with Crippen molar-refractivity contribution in [2.75, 3.05) is 45.8 Å². The van der Waals surface area contributed by atoms with Crippen LogP contribution in [0.5, 0.6) is 0 Å². The fraction of sp³-hybridized carbons (Fsp3) is 0.800. The van der Waals surface area contributed by atoms with Crippen molar-refractivity contribution in [2.24, 2.45) is 5.92 Å². The van der Waals surface area contributed by atoms with Crippen molar-refractivity contribution in [3.63, 3.8) is 0 Å². The Morgan fingerprint density at radius 2 is 1.58 bits per heavy atom. The molecule has 0 unspecified atom stereocenters. The lowest BCUT2D eigenvalue weighted by molar-refractivity contribution is 0.142. The quantitative estimate of drug-likeness (QED) is 0.731. The largest absolute Gasteiger partial charge is 0.367 e. The molecule has 3 aliphatic rings. The van der Waals surface area contributed by atoms with Crippen molar-refractivity contribution in [3.8, 4) is 12.1 Å². The summed E-state index contributed by atoms with van der Waals surface area (Å²) in [5.41, 5.74) is 0.234. The molecular formula is C20H32N6. The molecule has 0 saturated carbocycles. The first-order chi connectivity index (χ1) is 12.8. The Labute approximate surface area is 157 Å². The van der Waals surface area contributed by atoms with E-state index >= 15 is 0 Å². The minimum atomic E-state index is 0.234. The average molecular weight is 357 g/mol. The summed E-state index contributed by atoms with van der Waals surface area (Å²) in [6.45, 7) is 7.62. The van der Waals surface area contributed by atoms with E-state index in [4.69, 9.17) is 0 Å². The van der Waals surface area contributed by atoms with E-state index in [0.29, 0.717) is 6.04 Å². The number of allylic oxidation sites excluding steroid dienone is 1. The summed E-state index contributed by atoms with van der Waals surface area (Å²) in [6.07, 6.45) is 8.46. The van der Waals surface area contributed by atoms with Gasteiger partial charge in [0.05, 0.1) is 0 Å². The van der Waals surface area contributed by atoms with Crippen LogP contribution < -0.4 is 10.6 Å². The summed E-state index contributed by atoms with van der Waals surface area (Å²) < 4.78 is 0. The molecule has 3 fully saturated rings. The Morgan fingerprint density at radius 3 is 2.19 bits per heavy atom. The molecule has 0 aromatic carbocycles. The van der Waals surface area contributed by atoms with Gasteiger partial charge in [-0.15, -0.1) is 0 Å². The number of likely N-dealkylation sites (tertiary alicyclic amines) is 2.